The van der Waals surface area contributed by atoms with E-state index >= 15 is 0 Å². The molecule has 0 rings (SSSR count). The maximum atomic E-state index is 12.2. The molecule has 0 aromatic heterocycles. The van der Waals surface area contributed by atoms with Crippen molar-refractivity contribution in [1.82, 2.24) is 0 Å². The number of rotatable bonds is 5. The van der Waals surface area contributed by atoms with Crippen molar-refractivity contribution in [1.29, 1.82) is 0 Å². The van der Waals surface area contributed by atoms with E-state index in [9.17, 15) is 9.18 Å². The molecule has 0 aromatic rings. The van der Waals surface area contributed by atoms with Gasteiger partial charge in [-0.15, -0.1) is 0 Å². The standard InChI is InChI=1S/C6H11FO3/c1-2-10-4-3-5(7)6(8)9/h5H,2-4H2,1H3,(H,8,9). The van der Waals surface area contributed by atoms with E-state index in [0.717, 1.165) is 0 Å². The Labute approximate surface area is 58.8 Å². The molecule has 1 N–H and O–H groups in total. The van der Waals surface area contributed by atoms with Gasteiger partial charge in [0.25, 0.3) is 0 Å². The summed E-state index contributed by atoms with van der Waals surface area (Å²) < 4.78 is 16.9. The number of carboxylic acid groups (broad SMARTS) is 1. The van der Waals surface area contributed by atoms with E-state index in [-0.39, 0.29) is 13.0 Å². The SMILES string of the molecule is CCOCCC(F)C(=O)O. The summed E-state index contributed by atoms with van der Waals surface area (Å²) in [6.45, 7) is 2.43. The van der Waals surface area contributed by atoms with Gasteiger partial charge in [0.2, 0.25) is 0 Å². The van der Waals surface area contributed by atoms with Crippen LogP contribution < -0.4 is 0 Å². The van der Waals surface area contributed by atoms with Crippen molar-refractivity contribution in [2.45, 2.75) is 19.5 Å². The Morgan fingerprint density at radius 3 is 2.80 bits per heavy atom. The first-order valence-corrected chi connectivity index (χ1v) is 3.13. The van der Waals surface area contributed by atoms with E-state index in [1.54, 1.807) is 6.92 Å². The van der Waals surface area contributed by atoms with Crippen molar-refractivity contribution in [2.24, 2.45) is 0 Å². The molecule has 0 spiro atoms. The molecule has 60 valence electrons. The monoisotopic (exact) mass is 150 g/mol. The molecule has 1 atom stereocenters. The average Bonchev–Trinajstić information content (AvgIpc) is 1.88. The second-order valence-electron chi connectivity index (χ2n) is 1.79. The third-order valence-electron chi connectivity index (χ3n) is 0.988. The van der Waals surface area contributed by atoms with Crippen LogP contribution in [0.15, 0.2) is 0 Å². The third kappa shape index (κ3) is 4.26. The predicted molar refractivity (Wildman–Crippen MR) is 33.6 cm³/mol. The molecule has 0 bridgehead atoms. The van der Waals surface area contributed by atoms with Crippen LogP contribution in [0.25, 0.3) is 0 Å². The Hall–Kier alpha value is -0.640. The smallest absolute Gasteiger partial charge is 0.338 e. The Bertz CT molecular complexity index is 105. The number of alkyl halides is 1. The molecule has 3 nitrogen and oxygen atoms in total. The summed E-state index contributed by atoms with van der Waals surface area (Å²) in [5, 5.41) is 8.05. The Morgan fingerprint density at radius 2 is 2.40 bits per heavy atom. The molecule has 0 saturated carbocycles. The van der Waals surface area contributed by atoms with E-state index in [1.165, 1.54) is 0 Å². The van der Waals surface area contributed by atoms with Crippen molar-refractivity contribution in [2.75, 3.05) is 13.2 Å². The number of halogens is 1. The van der Waals surface area contributed by atoms with E-state index < -0.39 is 12.1 Å². The van der Waals surface area contributed by atoms with Gasteiger partial charge in [-0.1, -0.05) is 0 Å². The lowest BCUT2D eigenvalue weighted by molar-refractivity contribution is -0.143. The molecule has 4 heteroatoms. The van der Waals surface area contributed by atoms with Crippen LogP contribution in [0.3, 0.4) is 0 Å². The minimum absolute atomic E-state index is 0.0663. The minimum Gasteiger partial charge on any atom is -0.479 e. The van der Waals surface area contributed by atoms with Crippen LogP contribution >= 0.6 is 0 Å². The fourth-order valence-corrected chi connectivity index (χ4v) is 0.455. The molecular weight excluding hydrogens is 139 g/mol. The highest BCUT2D eigenvalue weighted by Gasteiger charge is 2.14. The fraction of sp³-hybridized carbons (Fsp3) is 0.833. The lowest BCUT2D eigenvalue weighted by atomic mass is 10.3. The molecule has 0 saturated heterocycles. The van der Waals surface area contributed by atoms with Gasteiger partial charge in [0, 0.05) is 19.6 Å². The predicted octanol–water partition coefficient (Wildman–Crippen LogP) is 0.836. The summed E-state index contributed by atoms with van der Waals surface area (Å²) in [7, 11) is 0. The molecular formula is C6H11FO3. The van der Waals surface area contributed by atoms with Crippen LogP contribution in [0.2, 0.25) is 0 Å². The van der Waals surface area contributed by atoms with Crippen molar-refractivity contribution in [3.05, 3.63) is 0 Å². The zero-order chi connectivity index (χ0) is 7.98. The lowest BCUT2D eigenvalue weighted by Gasteiger charge is -2.01. The topological polar surface area (TPSA) is 46.5 Å². The summed E-state index contributed by atoms with van der Waals surface area (Å²) in [5.74, 6) is -1.42. The highest BCUT2D eigenvalue weighted by Crippen LogP contribution is 1.97. The number of ether oxygens (including phenoxy) is 1. The van der Waals surface area contributed by atoms with Crippen molar-refractivity contribution in [3.8, 4) is 0 Å². The Balaban J connectivity index is 3.21. The normalized spacial score (nSPS) is 13.0. The summed E-state index contributed by atoms with van der Waals surface area (Å²) in [5.41, 5.74) is 0. The zero-order valence-electron chi connectivity index (χ0n) is 5.84. The molecule has 10 heavy (non-hydrogen) atoms. The quantitative estimate of drug-likeness (QED) is 0.590. The van der Waals surface area contributed by atoms with Crippen LogP contribution in [0, 0.1) is 0 Å². The third-order valence-corrected chi connectivity index (χ3v) is 0.988. The summed E-state index contributed by atoms with van der Waals surface area (Å²) >= 11 is 0. The van der Waals surface area contributed by atoms with Crippen molar-refractivity contribution in [3.63, 3.8) is 0 Å². The maximum Gasteiger partial charge on any atom is 0.338 e. The van der Waals surface area contributed by atoms with Crippen LogP contribution in [-0.2, 0) is 9.53 Å². The zero-order valence-corrected chi connectivity index (χ0v) is 5.84. The van der Waals surface area contributed by atoms with Gasteiger partial charge in [0.15, 0.2) is 6.17 Å². The number of carboxylic acids is 1. The first kappa shape index (κ1) is 9.36. The molecule has 0 aromatic carbocycles. The molecule has 0 aliphatic heterocycles. The maximum absolute atomic E-state index is 12.2. The first-order chi connectivity index (χ1) is 4.68. The molecule has 0 fully saturated rings. The van der Waals surface area contributed by atoms with Gasteiger partial charge in [0.1, 0.15) is 0 Å². The Kier molecular flexibility index (Phi) is 4.84. The van der Waals surface area contributed by atoms with Crippen LogP contribution in [0.5, 0.6) is 0 Å². The van der Waals surface area contributed by atoms with Gasteiger partial charge in [-0.2, -0.15) is 0 Å². The highest BCUT2D eigenvalue weighted by molar-refractivity contribution is 5.71. The molecule has 0 amide bonds. The van der Waals surface area contributed by atoms with Gasteiger partial charge in [-0.3, -0.25) is 0 Å². The van der Waals surface area contributed by atoms with Crippen molar-refractivity contribution < 1.29 is 19.0 Å². The largest absolute Gasteiger partial charge is 0.479 e. The summed E-state index contributed by atoms with van der Waals surface area (Å²) in [6, 6.07) is 0. The molecule has 0 heterocycles. The van der Waals surface area contributed by atoms with Gasteiger partial charge >= 0.3 is 5.97 Å². The average molecular weight is 150 g/mol. The van der Waals surface area contributed by atoms with Crippen molar-refractivity contribution >= 4 is 5.97 Å². The number of carbonyl (C=O) groups is 1. The summed E-state index contributed by atoms with van der Waals surface area (Å²) in [4.78, 5) is 9.86. The molecule has 1 unspecified atom stereocenters. The fourth-order valence-electron chi connectivity index (χ4n) is 0.455. The first-order valence-electron chi connectivity index (χ1n) is 3.13. The summed E-state index contributed by atoms with van der Waals surface area (Å²) in [6.07, 6.45) is -1.85. The second-order valence-corrected chi connectivity index (χ2v) is 1.79. The number of hydrogen-bond acceptors (Lipinski definition) is 2. The number of hydrogen-bond donors (Lipinski definition) is 1. The van der Waals surface area contributed by atoms with E-state index in [1.807, 2.05) is 0 Å². The van der Waals surface area contributed by atoms with E-state index in [0.29, 0.717) is 6.61 Å². The van der Waals surface area contributed by atoms with Crippen LogP contribution in [0.4, 0.5) is 4.39 Å². The Morgan fingerprint density at radius 1 is 1.80 bits per heavy atom. The molecule has 0 aliphatic carbocycles. The van der Waals surface area contributed by atoms with Gasteiger partial charge in [-0.25, -0.2) is 9.18 Å². The van der Waals surface area contributed by atoms with Gasteiger partial charge < -0.3 is 9.84 Å². The number of aliphatic carboxylic acids is 1. The highest BCUT2D eigenvalue weighted by atomic mass is 19.1. The van der Waals surface area contributed by atoms with Crippen LogP contribution in [-0.4, -0.2) is 30.5 Å². The lowest BCUT2D eigenvalue weighted by Crippen LogP contribution is -2.16. The minimum atomic E-state index is -1.79. The van der Waals surface area contributed by atoms with E-state index in [4.69, 9.17) is 9.84 Å². The van der Waals surface area contributed by atoms with Crippen LogP contribution in [0.1, 0.15) is 13.3 Å². The molecule has 0 aliphatic rings. The van der Waals surface area contributed by atoms with Gasteiger partial charge in [-0.05, 0) is 6.92 Å². The van der Waals surface area contributed by atoms with E-state index in [2.05, 4.69) is 0 Å². The second kappa shape index (κ2) is 5.17. The molecule has 0 radical (unpaired) electrons. The van der Waals surface area contributed by atoms with Gasteiger partial charge in [0.05, 0.1) is 0 Å².